The molecule has 0 N–H and O–H groups in total. The Bertz CT molecular complexity index is 470. The second-order valence-corrected chi connectivity index (χ2v) is 5.58. The molecule has 0 saturated heterocycles. The lowest BCUT2D eigenvalue weighted by Gasteiger charge is -2.22. The number of hydrogen-bond donors (Lipinski definition) is 0. The first-order valence-corrected chi connectivity index (χ1v) is 6.79. The van der Waals surface area contributed by atoms with Crippen molar-refractivity contribution in [2.75, 3.05) is 0 Å². The van der Waals surface area contributed by atoms with Gasteiger partial charge in [-0.1, -0.05) is 13.0 Å². The fraction of sp³-hybridized carbons (Fsp3) is 0.462. The number of nitrogens with zero attached hydrogens (tertiary/aromatic N) is 2. The van der Waals surface area contributed by atoms with Gasteiger partial charge in [0.05, 0.1) is 0 Å². The van der Waals surface area contributed by atoms with E-state index in [4.69, 9.17) is 0 Å². The van der Waals surface area contributed by atoms with Crippen molar-refractivity contribution >= 4 is 11.3 Å². The molecule has 3 heterocycles. The van der Waals surface area contributed by atoms with E-state index in [1.54, 1.807) is 0 Å². The standard InChI is InChI=1S/C13H16N2S/c1-10-4-2-6-15-12(10)9-14-13(15)8-11-5-3-7-16-11/h3,5,7,9-10H,2,4,6,8H2,1H3. The third kappa shape index (κ3) is 1.69. The van der Waals surface area contributed by atoms with Crippen LogP contribution in [0.3, 0.4) is 0 Å². The Morgan fingerprint density at radius 3 is 3.31 bits per heavy atom. The van der Waals surface area contributed by atoms with Crippen molar-refractivity contribution in [3.63, 3.8) is 0 Å². The molecule has 2 aromatic rings. The Morgan fingerprint density at radius 2 is 2.50 bits per heavy atom. The van der Waals surface area contributed by atoms with E-state index in [2.05, 4.69) is 40.2 Å². The molecule has 0 radical (unpaired) electrons. The first-order valence-electron chi connectivity index (χ1n) is 5.91. The minimum atomic E-state index is 0.679. The van der Waals surface area contributed by atoms with Crippen molar-refractivity contribution in [3.05, 3.63) is 40.1 Å². The van der Waals surface area contributed by atoms with Gasteiger partial charge in [-0.3, -0.25) is 0 Å². The van der Waals surface area contributed by atoms with E-state index in [1.807, 2.05) is 11.3 Å². The lowest BCUT2D eigenvalue weighted by Crippen LogP contribution is -2.15. The van der Waals surface area contributed by atoms with Crippen LogP contribution >= 0.6 is 11.3 Å². The molecule has 0 saturated carbocycles. The zero-order valence-electron chi connectivity index (χ0n) is 9.52. The smallest absolute Gasteiger partial charge is 0.114 e. The first kappa shape index (κ1) is 10.1. The Hall–Kier alpha value is -1.09. The molecule has 2 aromatic heterocycles. The first-order chi connectivity index (χ1) is 7.84. The van der Waals surface area contributed by atoms with Crippen LogP contribution in [0.1, 0.15) is 42.1 Å². The highest BCUT2D eigenvalue weighted by molar-refractivity contribution is 7.09. The largest absolute Gasteiger partial charge is 0.331 e. The number of fused-ring (bicyclic) bond motifs is 1. The summed E-state index contributed by atoms with van der Waals surface area (Å²) in [7, 11) is 0. The third-order valence-corrected chi connectivity index (χ3v) is 4.28. The zero-order valence-corrected chi connectivity index (χ0v) is 10.3. The minimum Gasteiger partial charge on any atom is -0.331 e. The molecule has 0 fully saturated rings. The highest BCUT2D eigenvalue weighted by Gasteiger charge is 2.19. The number of hydrogen-bond acceptors (Lipinski definition) is 2. The molecule has 0 aliphatic carbocycles. The summed E-state index contributed by atoms with van der Waals surface area (Å²) in [6, 6.07) is 4.31. The van der Waals surface area contributed by atoms with Crippen molar-refractivity contribution in [1.82, 2.24) is 9.55 Å². The highest BCUT2D eigenvalue weighted by atomic mass is 32.1. The SMILES string of the molecule is CC1CCCn2c1cnc2Cc1cccs1. The van der Waals surface area contributed by atoms with E-state index in [-0.39, 0.29) is 0 Å². The molecule has 1 aliphatic heterocycles. The normalized spacial score (nSPS) is 19.7. The monoisotopic (exact) mass is 232 g/mol. The van der Waals surface area contributed by atoms with Gasteiger partial charge < -0.3 is 4.57 Å². The lowest BCUT2D eigenvalue weighted by molar-refractivity contribution is 0.465. The molecular formula is C13H16N2S. The molecule has 3 heteroatoms. The molecular weight excluding hydrogens is 216 g/mol. The maximum Gasteiger partial charge on any atom is 0.114 e. The van der Waals surface area contributed by atoms with Crippen molar-refractivity contribution in [2.45, 2.75) is 38.6 Å². The lowest BCUT2D eigenvalue weighted by atomic mass is 9.99. The number of aromatic nitrogens is 2. The fourth-order valence-electron chi connectivity index (χ4n) is 2.49. The minimum absolute atomic E-state index is 0.679. The maximum absolute atomic E-state index is 4.59. The van der Waals surface area contributed by atoms with Gasteiger partial charge in [-0.25, -0.2) is 4.98 Å². The number of thiophene rings is 1. The second kappa shape index (κ2) is 4.06. The predicted octanol–water partition coefficient (Wildman–Crippen LogP) is 3.43. The van der Waals surface area contributed by atoms with Gasteiger partial charge >= 0.3 is 0 Å². The van der Waals surface area contributed by atoms with Gasteiger partial charge in [-0.05, 0) is 30.2 Å². The topological polar surface area (TPSA) is 17.8 Å². The van der Waals surface area contributed by atoms with Crippen LogP contribution in [-0.2, 0) is 13.0 Å². The Kier molecular flexibility index (Phi) is 2.56. The van der Waals surface area contributed by atoms with Gasteiger partial charge in [0, 0.05) is 29.7 Å². The van der Waals surface area contributed by atoms with Crippen molar-refractivity contribution in [2.24, 2.45) is 0 Å². The summed E-state index contributed by atoms with van der Waals surface area (Å²) in [6.45, 7) is 3.46. The van der Waals surface area contributed by atoms with Crippen molar-refractivity contribution in [1.29, 1.82) is 0 Å². The molecule has 0 bridgehead atoms. The maximum atomic E-state index is 4.59. The summed E-state index contributed by atoms with van der Waals surface area (Å²) in [5, 5.41) is 2.14. The summed E-state index contributed by atoms with van der Waals surface area (Å²) >= 11 is 1.82. The van der Waals surface area contributed by atoms with Crippen LogP contribution in [0.4, 0.5) is 0 Å². The van der Waals surface area contributed by atoms with Crippen LogP contribution in [0, 0.1) is 0 Å². The zero-order chi connectivity index (χ0) is 11.0. The second-order valence-electron chi connectivity index (χ2n) is 4.55. The van der Waals surface area contributed by atoms with E-state index in [1.165, 1.54) is 29.2 Å². The van der Waals surface area contributed by atoms with E-state index in [0.717, 1.165) is 13.0 Å². The summed E-state index contributed by atoms with van der Waals surface area (Å²) in [5.41, 5.74) is 1.43. The number of imidazole rings is 1. The molecule has 84 valence electrons. The fourth-order valence-corrected chi connectivity index (χ4v) is 3.20. The van der Waals surface area contributed by atoms with E-state index in [0.29, 0.717) is 5.92 Å². The molecule has 0 aromatic carbocycles. The van der Waals surface area contributed by atoms with Gasteiger partial charge in [-0.15, -0.1) is 11.3 Å². The van der Waals surface area contributed by atoms with Crippen LogP contribution in [0.5, 0.6) is 0 Å². The molecule has 0 spiro atoms. The van der Waals surface area contributed by atoms with Crippen LogP contribution in [0.2, 0.25) is 0 Å². The summed E-state index contributed by atoms with van der Waals surface area (Å²) < 4.78 is 2.42. The summed E-state index contributed by atoms with van der Waals surface area (Å²) in [4.78, 5) is 6.00. The van der Waals surface area contributed by atoms with Crippen LogP contribution < -0.4 is 0 Å². The van der Waals surface area contributed by atoms with E-state index >= 15 is 0 Å². The molecule has 0 amide bonds. The van der Waals surface area contributed by atoms with Gasteiger partial charge in [0.25, 0.3) is 0 Å². The Labute approximate surface area is 100.0 Å². The molecule has 1 unspecified atom stereocenters. The summed E-state index contributed by atoms with van der Waals surface area (Å²) in [6.07, 6.45) is 5.67. The summed E-state index contributed by atoms with van der Waals surface area (Å²) in [5.74, 6) is 1.92. The van der Waals surface area contributed by atoms with Crippen molar-refractivity contribution in [3.8, 4) is 0 Å². The van der Waals surface area contributed by atoms with Crippen LogP contribution in [-0.4, -0.2) is 9.55 Å². The predicted molar refractivity (Wildman–Crippen MR) is 67.0 cm³/mol. The quantitative estimate of drug-likeness (QED) is 0.775. The van der Waals surface area contributed by atoms with Crippen LogP contribution in [0.15, 0.2) is 23.7 Å². The molecule has 1 aliphatic rings. The van der Waals surface area contributed by atoms with Gasteiger partial charge in [-0.2, -0.15) is 0 Å². The van der Waals surface area contributed by atoms with Gasteiger partial charge in [0.15, 0.2) is 0 Å². The Balaban J connectivity index is 1.91. The van der Waals surface area contributed by atoms with Gasteiger partial charge in [0.2, 0.25) is 0 Å². The average Bonchev–Trinajstić information content (AvgIpc) is 2.90. The van der Waals surface area contributed by atoms with Gasteiger partial charge in [0.1, 0.15) is 5.82 Å². The van der Waals surface area contributed by atoms with E-state index in [9.17, 15) is 0 Å². The van der Waals surface area contributed by atoms with Crippen LogP contribution in [0.25, 0.3) is 0 Å². The average molecular weight is 232 g/mol. The van der Waals surface area contributed by atoms with E-state index < -0.39 is 0 Å². The highest BCUT2D eigenvalue weighted by Crippen LogP contribution is 2.28. The molecule has 1 atom stereocenters. The third-order valence-electron chi connectivity index (χ3n) is 3.41. The molecule has 2 nitrogen and oxygen atoms in total. The molecule has 3 rings (SSSR count). The molecule has 16 heavy (non-hydrogen) atoms. The number of rotatable bonds is 2. The van der Waals surface area contributed by atoms with Crippen molar-refractivity contribution < 1.29 is 0 Å². The Morgan fingerprint density at radius 1 is 1.56 bits per heavy atom.